The van der Waals surface area contributed by atoms with Crippen LogP contribution in [0.25, 0.3) is 0 Å². The molecule has 0 spiro atoms. The zero-order valence-corrected chi connectivity index (χ0v) is 17.6. The highest BCUT2D eigenvalue weighted by Gasteiger charge is 2.31. The number of hydrogen-bond acceptors (Lipinski definition) is 4. The maximum atomic E-state index is 12.9. The molecule has 1 unspecified atom stereocenters. The number of hydrogen-bond donors (Lipinski definition) is 2. The van der Waals surface area contributed by atoms with E-state index in [0.29, 0.717) is 23.0 Å². The van der Waals surface area contributed by atoms with Crippen LogP contribution < -0.4 is 15.4 Å². The van der Waals surface area contributed by atoms with Crippen LogP contribution in [0.1, 0.15) is 43.9 Å². The number of ether oxygens (including phenoxy) is 2. The van der Waals surface area contributed by atoms with Crippen molar-refractivity contribution in [2.45, 2.75) is 39.3 Å². The zero-order valence-electron chi connectivity index (χ0n) is 16.7. The number of nitrogens with one attached hydrogen (secondary N) is 2. The topological polar surface area (TPSA) is 59.6 Å². The summed E-state index contributed by atoms with van der Waals surface area (Å²) in [5.41, 5.74) is 3.08. The number of esters is 1. The first-order valence-electron chi connectivity index (χ1n) is 9.80. The van der Waals surface area contributed by atoms with Crippen molar-refractivity contribution in [3.63, 3.8) is 0 Å². The Kier molecular flexibility index (Phi) is 7.25. The molecular formula is C23H26N2O3S. The average Bonchev–Trinajstić information content (AvgIpc) is 2.73. The van der Waals surface area contributed by atoms with Gasteiger partial charge in [0.2, 0.25) is 0 Å². The second-order valence-electron chi connectivity index (χ2n) is 6.90. The van der Waals surface area contributed by atoms with Crippen LogP contribution in [-0.2, 0) is 16.1 Å². The smallest absolute Gasteiger partial charge is 0.338 e. The lowest BCUT2D eigenvalue weighted by molar-refractivity contribution is -0.140. The fourth-order valence-corrected chi connectivity index (χ4v) is 3.38. The lowest BCUT2D eigenvalue weighted by atomic mass is 9.95. The van der Waals surface area contributed by atoms with E-state index in [-0.39, 0.29) is 18.6 Å². The van der Waals surface area contributed by atoms with Crippen LogP contribution >= 0.6 is 12.2 Å². The minimum atomic E-state index is -0.378. The number of allylic oxidation sites excluding steroid dienone is 1. The first-order chi connectivity index (χ1) is 14.1. The highest BCUT2D eigenvalue weighted by atomic mass is 32.1. The molecule has 1 heterocycles. The van der Waals surface area contributed by atoms with E-state index in [0.717, 1.165) is 29.7 Å². The Morgan fingerprint density at radius 3 is 2.52 bits per heavy atom. The van der Waals surface area contributed by atoms with Crippen molar-refractivity contribution < 1.29 is 14.3 Å². The fraction of sp³-hybridized carbons (Fsp3) is 0.304. The minimum absolute atomic E-state index is 0.220. The number of carbonyl (C=O) groups excluding carboxylic acids is 1. The molecule has 1 aliphatic heterocycles. The SMILES string of the molecule is CCCCOc1ccc(C2NC(=S)NC(C)=C2C(=O)OCc2ccccc2)cc1. The van der Waals surface area contributed by atoms with Gasteiger partial charge >= 0.3 is 5.97 Å². The zero-order chi connectivity index (χ0) is 20.6. The number of rotatable bonds is 8. The van der Waals surface area contributed by atoms with Crippen LogP contribution in [0, 0.1) is 0 Å². The Balaban J connectivity index is 1.75. The van der Waals surface area contributed by atoms with Crippen LogP contribution in [-0.4, -0.2) is 17.7 Å². The molecule has 0 aromatic heterocycles. The summed E-state index contributed by atoms with van der Waals surface area (Å²) in [6, 6.07) is 17.0. The Morgan fingerprint density at radius 2 is 1.83 bits per heavy atom. The Morgan fingerprint density at radius 1 is 1.10 bits per heavy atom. The highest BCUT2D eigenvalue weighted by molar-refractivity contribution is 7.80. The Labute approximate surface area is 177 Å². The molecular weight excluding hydrogens is 384 g/mol. The van der Waals surface area contributed by atoms with E-state index in [9.17, 15) is 4.79 Å². The molecule has 0 radical (unpaired) electrons. The van der Waals surface area contributed by atoms with Crippen molar-refractivity contribution >= 4 is 23.3 Å². The molecule has 0 aliphatic carbocycles. The van der Waals surface area contributed by atoms with E-state index < -0.39 is 0 Å². The summed E-state index contributed by atoms with van der Waals surface area (Å²) in [7, 11) is 0. The summed E-state index contributed by atoms with van der Waals surface area (Å²) in [4.78, 5) is 12.9. The minimum Gasteiger partial charge on any atom is -0.494 e. The summed E-state index contributed by atoms with van der Waals surface area (Å²) in [5, 5.41) is 6.69. The molecule has 152 valence electrons. The molecule has 29 heavy (non-hydrogen) atoms. The Hall–Kier alpha value is -2.86. The number of carbonyl (C=O) groups is 1. The molecule has 0 saturated heterocycles. The molecule has 5 nitrogen and oxygen atoms in total. The van der Waals surface area contributed by atoms with Crippen LogP contribution in [0.15, 0.2) is 65.9 Å². The molecule has 3 rings (SSSR count). The molecule has 2 aromatic carbocycles. The largest absolute Gasteiger partial charge is 0.494 e. The van der Waals surface area contributed by atoms with Crippen molar-refractivity contribution in [2.24, 2.45) is 0 Å². The van der Waals surface area contributed by atoms with Gasteiger partial charge in [-0.1, -0.05) is 55.8 Å². The van der Waals surface area contributed by atoms with E-state index >= 15 is 0 Å². The number of unbranched alkanes of at least 4 members (excludes halogenated alkanes) is 1. The third-order valence-corrected chi connectivity index (χ3v) is 4.90. The summed E-state index contributed by atoms with van der Waals surface area (Å²) in [6.07, 6.45) is 2.11. The quantitative estimate of drug-likeness (QED) is 0.382. The van der Waals surface area contributed by atoms with Crippen molar-refractivity contribution in [3.8, 4) is 5.75 Å². The normalized spacial score (nSPS) is 16.1. The van der Waals surface area contributed by atoms with Gasteiger partial charge in [0.25, 0.3) is 0 Å². The third-order valence-electron chi connectivity index (χ3n) is 4.68. The number of thiocarbonyl (C=S) groups is 1. The predicted molar refractivity (Wildman–Crippen MR) is 117 cm³/mol. The Bertz CT molecular complexity index is 879. The standard InChI is InChI=1S/C23H26N2O3S/c1-3-4-14-27-19-12-10-18(11-13-19)21-20(16(2)24-23(29)25-21)22(26)28-15-17-8-6-5-7-9-17/h5-13,21H,3-4,14-15H2,1-2H3,(H2,24,25,29). The van der Waals surface area contributed by atoms with Crippen LogP contribution in [0.3, 0.4) is 0 Å². The van der Waals surface area contributed by atoms with Gasteiger partial charge in [0.1, 0.15) is 12.4 Å². The first-order valence-corrected chi connectivity index (χ1v) is 10.2. The maximum Gasteiger partial charge on any atom is 0.338 e. The van der Waals surface area contributed by atoms with Crippen LogP contribution in [0.4, 0.5) is 0 Å². The fourth-order valence-electron chi connectivity index (χ4n) is 3.11. The van der Waals surface area contributed by atoms with Crippen molar-refractivity contribution in [2.75, 3.05) is 6.61 Å². The molecule has 0 amide bonds. The molecule has 2 N–H and O–H groups in total. The monoisotopic (exact) mass is 410 g/mol. The predicted octanol–water partition coefficient (Wildman–Crippen LogP) is 4.40. The van der Waals surface area contributed by atoms with Gasteiger partial charge in [-0.2, -0.15) is 0 Å². The molecule has 1 atom stereocenters. The lowest BCUT2D eigenvalue weighted by Gasteiger charge is -2.30. The molecule has 6 heteroatoms. The van der Waals surface area contributed by atoms with Gasteiger partial charge in [-0.3, -0.25) is 0 Å². The van der Waals surface area contributed by atoms with Gasteiger partial charge in [0.15, 0.2) is 5.11 Å². The molecule has 1 aliphatic rings. The maximum absolute atomic E-state index is 12.9. The van der Waals surface area contributed by atoms with Gasteiger partial charge in [-0.25, -0.2) is 4.79 Å². The lowest BCUT2D eigenvalue weighted by Crippen LogP contribution is -2.45. The molecule has 0 fully saturated rings. The third kappa shape index (κ3) is 5.57. The summed E-state index contributed by atoms with van der Waals surface area (Å²) in [6.45, 7) is 4.88. The molecule has 2 aromatic rings. The van der Waals surface area contributed by atoms with Gasteiger partial charge < -0.3 is 20.1 Å². The van der Waals surface area contributed by atoms with E-state index in [1.807, 2.05) is 61.5 Å². The van der Waals surface area contributed by atoms with E-state index in [1.165, 1.54) is 0 Å². The summed E-state index contributed by atoms with van der Waals surface area (Å²) in [5.74, 6) is 0.440. The average molecular weight is 411 g/mol. The van der Waals surface area contributed by atoms with Gasteiger partial charge in [-0.05, 0) is 48.8 Å². The van der Waals surface area contributed by atoms with Gasteiger partial charge in [0.05, 0.1) is 18.2 Å². The van der Waals surface area contributed by atoms with Crippen LogP contribution in [0.5, 0.6) is 5.75 Å². The number of benzene rings is 2. The van der Waals surface area contributed by atoms with E-state index in [2.05, 4.69) is 17.6 Å². The van der Waals surface area contributed by atoms with E-state index in [1.54, 1.807) is 0 Å². The van der Waals surface area contributed by atoms with Crippen molar-refractivity contribution in [1.82, 2.24) is 10.6 Å². The molecule has 0 bridgehead atoms. The summed E-state index contributed by atoms with van der Waals surface area (Å²) >= 11 is 5.30. The summed E-state index contributed by atoms with van der Waals surface area (Å²) < 4.78 is 11.3. The second kappa shape index (κ2) is 10.1. The van der Waals surface area contributed by atoms with Gasteiger partial charge in [-0.15, -0.1) is 0 Å². The molecule has 0 saturated carbocycles. The van der Waals surface area contributed by atoms with Crippen LogP contribution in [0.2, 0.25) is 0 Å². The van der Waals surface area contributed by atoms with Crippen molar-refractivity contribution in [1.29, 1.82) is 0 Å². The van der Waals surface area contributed by atoms with Crippen molar-refractivity contribution in [3.05, 3.63) is 77.0 Å². The first kappa shape index (κ1) is 20.9. The van der Waals surface area contributed by atoms with Gasteiger partial charge in [0, 0.05) is 5.70 Å². The highest BCUT2D eigenvalue weighted by Crippen LogP contribution is 2.29. The second-order valence-corrected chi connectivity index (χ2v) is 7.31. The van der Waals surface area contributed by atoms with E-state index in [4.69, 9.17) is 21.7 Å².